The van der Waals surface area contributed by atoms with Gasteiger partial charge in [0.2, 0.25) is 5.91 Å². The molecule has 0 saturated heterocycles. The highest BCUT2D eigenvalue weighted by atomic mass is 32.1. The first kappa shape index (κ1) is 14.9. The normalized spacial score (nSPS) is 12.6. The van der Waals surface area contributed by atoms with Crippen LogP contribution in [-0.2, 0) is 11.3 Å². The molecule has 1 heterocycles. The monoisotopic (exact) mass is 271 g/mol. The van der Waals surface area contributed by atoms with Gasteiger partial charge in [0.1, 0.15) is 0 Å². The van der Waals surface area contributed by atoms with Crippen LogP contribution in [0.3, 0.4) is 0 Å². The molecule has 0 aliphatic rings. The molecule has 1 unspecified atom stereocenters. The van der Waals surface area contributed by atoms with Crippen LogP contribution >= 0.6 is 11.3 Å². The lowest BCUT2D eigenvalue weighted by atomic mass is 10.0. The summed E-state index contributed by atoms with van der Waals surface area (Å²) in [6, 6.07) is 0. The summed E-state index contributed by atoms with van der Waals surface area (Å²) in [4.78, 5) is 17.9. The molecular weight excluding hydrogens is 250 g/mol. The van der Waals surface area contributed by atoms with Crippen molar-refractivity contribution in [3.8, 4) is 0 Å². The summed E-state index contributed by atoms with van der Waals surface area (Å²) >= 11 is 1.54. The third-order valence-corrected chi connectivity index (χ3v) is 3.61. The van der Waals surface area contributed by atoms with Gasteiger partial charge in [-0.1, -0.05) is 13.8 Å². The first-order valence-corrected chi connectivity index (χ1v) is 6.84. The van der Waals surface area contributed by atoms with Gasteiger partial charge in [0.25, 0.3) is 0 Å². The number of hydrogen-bond donors (Lipinski definition) is 2. The maximum atomic E-state index is 11.6. The van der Waals surface area contributed by atoms with Gasteiger partial charge >= 0.3 is 0 Å². The molecule has 0 spiro atoms. The molecule has 0 radical (unpaired) electrons. The number of hydrogen-bond acceptors (Lipinski definition) is 5. The molecule has 1 rings (SSSR count). The molecular formula is C12H21N3O2S. The molecule has 18 heavy (non-hydrogen) atoms. The summed E-state index contributed by atoms with van der Waals surface area (Å²) in [7, 11) is 3.86. The summed E-state index contributed by atoms with van der Waals surface area (Å²) in [5.74, 6) is -0.0500. The standard InChI is InChI=1S/C12H21N3O2S/c1-8(2)10(16)5-11(17)13-6-9-7-18-12(14-9)15(3)4/h7-8,10,16H,5-6H2,1-4H3,(H,13,17). The Bertz CT molecular complexity index is 390. The molecule has 1 aromatic rings. The van der Waals surface area contributed by atoms with Gasteiger partial charge in [-0.25, -0.2) is 4.98 Å². The highest BCUT2D eigenvalue weighted by Crippen LogP contribution is 2.17. The Morgan fingerprint density at radius 3 is 2.72 bits per heavy atom. The van der Waals surface area contributed by atoms with E-state index in [0.29, 0.717) is 6.54 Å². The summed E-state index contributed by atoms with van der Waals surface area (Å²) in [6.45, 7) is 4.19. The number of nitrogens with zero attached hydrogens (tertiary/aromatic N) is 2. The predicted octanol–water partition coefficient (Wildman–Crippen LogP) is 1.23. The third kappa shape index (κ3) is 4.62. The fourth-order valence-corrected chi connectivity index (χ4v) is 2.03. The zero-order valence-electron chi connectivity index (χ0n) is 11.3. The quantitative estimate of drug-likeness (QED) is 0.817. The second-order valence-corrected chi connectivity index (χ2v) is 5.64. The Kier molecular flexibility index (Phi) is 5.55. The lowest BCUT2D eigenvalue weighted by Gasteiger charge is -2.13. The van der Waals surface area contributed by atoms with Crippen LogP contribution < -0.4 is 10.2 Å². The molecule has 0 aromatic carbocycles. The van der Waals surface area contributed by atoms with Crippen LogP contribution in [-0.4, -0.2) is 36.2 Å². The third-order valence-electron chi connectivity index (χ3n) is 2.55. The van der Waals surface area contributed by atoms with Crippen LogP contribution in [0.5, 0.6) is 0 Å². The van der Waals surface area contributed by atoms with E-state index in [2.05, 4.69) is 10.3 Å². The number of anilines is 1. The number of nitrogens with one attached hydrogen (secondary N) is 1. The van der Waals surface area contributed by atoms with Gasteiger partial charge < -0.3 is 15.3 Å². The van der Waals surface area contributed by atoms with E-state index in [0.717, 1.165) is 10.8 Å². The number of aliphatic hydroxyl groups is 1. The summed E-state index contributed by atoms with van der Waals surface area (Å²) in [6.07, 6.45) is -0.444. The fraction of sp³-hybridized carbons (Fsp3) is 0.667. The number of aromatic nitrogens is 1. The molecule has 0 bridgehead atoms. The first-order valence-electron chi connectivity index (χ1n) is 5.96. The minimum Gasteiger partial charge on any atom is -0.392 e. The van der Waals surface area contributed by atoms with E-state index < -0.39 is 6.10 Å². The van der Waals surface area contributed by atoms with Crippen molar-refractivity contribution >= 4 is 22.4 Å². The first-order chi connectivity index (χ1) is 8.40. The van der Waals surface area contributed by atoms with E-state index in [1.54, 1.807) is 11.3 Å². The minimum absolute atomic E-state index is 0.0929. The SMILES string of the molecule is CC(C)C(O)CC(=O)NCc1csc(N(C)C)n1. The minimum atomic E-state index is -0.585. The lowest BCUT2D eigenvalue weighted by molar-refractivity contribution is -0.123. The Morgan fingerprint density at radius 1 is 1.56 bits per heavy atom. The topological polar surface area (TPSA) is 65.5 Å². The van der Waals surface area contributed by atoms with Crippen LogP contribution in [0.1, 0.15) is 26.0 Å². The highest BCUT2D eigenvalue weighted by Gasteiger charge is 2.14. The van der Waals surface area contributed by atoms with E-state index in [1.165, 1.54) is 0 Å². The van der Waals surface area contributed by atoms with Gasteiger partial charge in [0.15, 0.2) is 5.13 Å². The highest BCUT2D eigenvalue weighted by molar-refractivity contribution is 7.13. The second kappa shape index (κ2) is 6.70. The lowest BCUT2D eigenvalue weighted by Crippen LogP contribution is -2.29. The van der Waals surface area contributed by atoms with E-state index in [-0.39, 0.29) is 18.2 Å². The van der Waals surface area contributed by atoms with Crippen molar-refractivity contribution in [1.82, 2.24) is 10.3 Å². The Hall–Kier alpha value is -1.14. The Balaban J connectivity index is 2.38. The summed E-state index contributed by atoms with van der Waals surface area (Å²) in [5, 5.41) is 15.2. The smallest absolute Gasteiger partial charge is 0.222 e. The molecule has 0 fully saturated rings. The average molecular weight is 271 g/mol. The Labute approximate surface area is 112 Å². The van der Waals surface area contributed by atoms with Crippen LogP contribution in [0, 0.1) is 5.92 Å². The van der Waals surface area contributed by atoms with Crippen molar-refractivity contribution in [2.45, 2.75) is 32.9 Å². The maximum Gasteiger partial charge on any atom is 0.222 e. The van der Waals surface area contributed by atoms with Gasteiger partial charge in [-0.05, 0) is 5.92 Å². The molecule has 0 saturated carbocycles. The number of thiazole rings is 1. The number of amides is 1. The van der Waals surface area contributed by atoms with Crippen molar-refractivity contribution < 1.29 is 9.90 Å². The number of aliphatic hydroxyl groups excluding tert-OH is 1. The molecule has 1 aromatic heterocycles. The van der Waals surface area contributed by atoms with Gasteiger partial charge in [-0.2, -0.15) is 0 Å². The van der Waals surface area contributed by atoms with E-state index in [4.69, 9.17) is 0 Å². The van der Waals surface area contributed by atoms with Crippen LogP contribution in [0.25, 0.3) is 0 Å². The molecule has 6 heteroatoms. The predicted molar refractivity (Wildman–Crippen MR) is 73.7 cm³/mol. The van der Waals surface area contributed by atoms with E-state index in [1.807, 2.05) is 38.2 Å². The Morgan fingerprint density at radius 2 is 2.22 bits per heavy atom. The van der Waals surface area contributed by atoms with Gasteiger partial charge in [0, 0.05) is 19.5 Å². The van der Waals surface area contributed by atoms with Gasteiger partial charge in [-0.15, -0.1) is 11.3 Å². The van der Waals surface area contributed by atoms with Crippen LogP contribution in [0.15, 0.2) is 5.38 Å². The van der Waals surface area contributed by atoms with E-state index >= 15 is 0 Å². The largest absolute Gasteiger partial charge is 0.392 e. The van der Waals surface area contributed by atoms with Crippen LogP contribution in [0.2, 0.25) is 0 Å². The molecule has 1 atom stereocenters. The van der Waals surface area contributed by atoms with Crippen LogP contribution in [0.4, 0.5) is 5.13 Å². The molecule has 0 aliphatic carbocycles. The van der Waals surface area contributed by atoms with Crippen molar-refractivity contribution in [2.75, 3.05) is 19.0 Å². The molecule has 102 valence electrons. The zero-order valence-corrected chi connectivity index (χ0v) is 12.1. The average Bonchev–Trinajstić information content (AvgIpc) is 2.74. The number of carbonyl (C=O) groups is 1. The van der Waals surface area contributed by atoms with Gasteiger partial charge in [-0.3, -0.25) is 4.79 Å². The molecule has 1 amide bonds. The number of carbonyl (C=O) groups excluding carboxylic acids is 1. The fourth-order valence-electron chi connectivity index (χ4n) is 1.27. The van der Waals surface area contributed by atoms with Crippen molar-refractivity contribution in [3.05, 3.63) is 11.1 Å². The molecule has 2 N–H and O–H groups in total. The van der Waals surface area contributed by atoms with Crippen molar-refractivity contribution in [3.63, 3.8) is 0 Å². The van der Waals surface area contributed by atoms with E-state index in [9.17, 15) is 9.90 Å². The zero-order chi connectivity index (χ0) is 13.7. The summed E-state index contributed by atoms with van der Waals surface area (Å²) < 4.78 is 0. The maximum absolute atomic E-state index is 11.6. The molecule has 5 nitrogen and oxygen atoms in total. The number of rotatable bonds is 6. The van der Waals surface area contributed by atoms with Gasteiger partial charge in [0.05, 0.1) is 24.8 Å². The molecule has 0 aliphatic heterocycles. The van der Waals surface area contributed by atoms with Crippen molar-refractivity contribution in [1.29, 1.82) is 0 Å². The summed E-state index contributed by atoms with van der Waals surface area (Å²) in [5.41, 5.74) is 0.844. The second-order valence-electron chi connectivity index (χ2n) is 4.81. The van der Waals surface area contributed by atoms with Crippen molar-refractivity contribution in [2.24, 2.45) is 5.92 Å².